The summed E-state index contributed by atoms with van der Waals surface area (Å²) in [4.78, 5) is 54.9. The number of carboxylic acid groups (broad SMARTS) is 1. The van der Waals surface area contributed by atoms with Crippen molar-refractivity contribution in [1.29, 1.82) is 0 Å². The van der Waals surface area contributed by atoms with Gasteiger partial charge in [0, 0.05) is 28.2 Å². The van der Waals surface area contributed by atoms with Crippen molar-refractivity contribution in [3.63, 3.8) is 0 Å². The van der Waals surface area contributed by atoms with E-state index in [1.165, 1.54) is 16.2 Å². The summed E-state index contributed by atoms with van der Waals surface area (Å²) in [5.41, 5.74) is 0.996. The number of nitrogens with one attached hydrogen (secondary N) is 1. The predicted molar refractivity (Wildman–Crippen MR) is 120 cm³/mol. The van der Waals surface area contributed by atoms with E-state index in [-0.39, 0.29) is 58.6 Å². The third-order valence-electron chi connectivity index (χ3n) is 7.84. The van der Waals surface area contributed by atoms with Crippen LogP contribution in [0.25, 0.3) is 0 Å². The number of aliphatic carboxylic acids is 1. The van der Waals surface area contributed by atoms with E-state index >= 15 is 0 Å². The van der Waals surface area contributed by atoms with Crippen LogP contribution in [0, 0.1) is 29.6 Å². The van der Waals surface area contributed by atoms with Crippen molar-refractivity contribution in [1.82, 2.24) is 9.88 Å². The Labute approximate surface area is 197 Å². The number of thioether (sulfide) groups is 1. The molecular formula is C23H22N2O6S2. The maximum atomic E-state index is 13.3. The smallest absolute Gasteiger partial charge is 0.305 e. The van der Waals surface area contributed by atoms with Crippen molar-refractivity contribution in [2.45, 2.75) is 29.0 Å². The van der Waals surface area contributed by atoms with Crippen LogP contribution < -0.4 is 9.61 Å². The highest BCUT2D eigenvalue weighted by molar-refractivity contribution is 8.00. The molecule has 1 aromatic carbocycles. The van der Waals surface area contributed by atoms with Gasteiger partial charge in [-0.1, -0.05) is 29.5 Å². The fraction of sp³-hybridized carbons (Fsp3) is 0.478. The minimum absolute atomic E-state index is 0.00374. The SMILES string of the molecule is COc1ccccc1[C@@H]1c2sc(=O)[nH]c2S[C@@H]2[C@@H]3C[C@@H]([C@@H]4C(=O)N(CCC(=O)O)C(=O)[C@@H]34)[C@H]12. The van der Waals surface area contributed by atoms with Crippen LogP contribution >= 0.6 is 23.1 Å². The first-order valence-electron chi connectivity index (χ1n) is 11.0. The first-order valence-corrected chi connectivity index (χ1v) is 12.7. The summed E-state index contributed by atoms with van der Waals surface area (Å²) in [6, 6.07) is 7.80. The largest absolute Gasteiger partial charge is 0.496 e. The molecule has 7 atom stereocenters. The van der Waals surface area contributed by atoms with Crippen molar-refractivity contribution in [2.24, 2.45) is 29.6 Å². The number of aromatic amines is 1. The van der Waals surface area contributed by atoms with Crippen molar-refractivity contribution in [2.75, 3.05) is 13.7 Å². The Morgan fingerprint density at radius 3 is 2.64 bits per heavy atom. The van der Waals surface area contributed by atoms with Crippen LogP contribution in [-0.4, -0.2) is 51.7 Å². The van der Waals surface area contributed by atoms with E-state index in [0.717, 1.165) is 27.6 Å². The molecule has 2 amide bonds. The molecule has 172 valence electrons. The second-order valence-corrected chi connectivity index (χ2v) is 11.4. The van der Waals surface area contributed by atoms with E-state index in [9.17, 15) is 19.2 Å². The summed E-state index contributed by atoms with van der Waals surface area (Å²) in [7, 11) is 1.63. The van der Waals surface area contributed by atoms with Gasteiger partial charge in [-0.3, -0.25) is 24.1 Å². The summed E-state index contributed by atoms with van der Waals surface area (Å²) >= 11 is 2.85. The maximum absolute atomic E-state index is 13.3. The van der Waals surface area contributed by atoms with Gasteiger partial charge in [0.2, 0.25) is 11.8 Å². The summed E-state index contributed by atoms with van der Waals surface area (Å²) in [5.74, 6) is -1.51. The van der Waals surface area contributed by atoms with E-state index in [1.807, 2.05) is 24.3 Å². The number of hydrogen-bond acceptors (Lipinski definition) is 7. The molecule has 3 fully saturated rings. The number of para-hydroxylation sites is 1. The van der Waals surface area contributed by atoms with Gasteiger partial charge in [0.1, 0.15) is 5.75 Å². The molecule has 10 heteroatoms. The van der Waals surface area contributed by atoms with E-state index < -0.39 is 17.8 Å². The van der Waals surface area contributed by atoms with Crippen LogP contribution in [0.4, 0.5) is 0 Å². The molecule has 3 heterocycles. The van der Waals surface area contributed by atoms with E-state index in [2.05, 4.69) is 4.98 Å². The molecule has 0 spiro atoms. The van der Waals surface area contributed by atoms with Gasteiger partial charge in [-0.15, -0.1) is 11.8 Å². The average molecular weight is 487 g/mol. The van der Waals surface area contributed by atoms with Crippen molar-refractivity contribution in [3.05, 3.63) is 44.4 Å². The highest BCUT2D eigenvalue weighted by atomic mass is 32.2. The monoisotopic (exact) mass is 486 g/mol. The molecule has 1 aromatic heterocycles. The van der Waals surface area contributed by atoms with Gasteiger partial charge >= 0.3 is 10.8 Å². The molecule has 0 unspecified atom stereocenters. The second kappa shape index (κ2) is 7.46. The maximum Gasteiger partial charge on any atom is 0.305 e. The Morgan fingerprint density at radius 2 is 1.91 bits per heavy atom. The predicted octanol–water partition coefficient (Wildman–Crippen LogP) is 2.39. The lowest BCUT2D eigenvalue weighted by Crippen LogP contribution is -2.42. The van der Waals surface area contributed by atoms with Crippen LogP contribution in [0.15, 0.2) is 34.1 Å². The fourth-order valence-electron chi connectivity index (χ4n) is 6.78. The third kappa shape index (κ3) is 2.89. The van der Waals surface area contributed by atoms with Crippen LogP contribution in [0.1, 0.15) is 29.2 Å². The number of carbonyl (C=O) groups excluding carboxylic acids is 2. The minimum atomic E-state index is -1.02. The number of nitrogens with zero attached hydrogens (tertiary/aromatic N) is 1. The van der Waals surface area contributed by atoms with Crippen molar-refractivity contribution in [3.8, 4) is 5.75 Å². The Kier molecular flexibility index (Phi) is 4.74. The van der Waals surface area contributed by atoms with Crippen molar-refractivity contribution >= 4 is 40.9 Å². The Bertz CT molecular complexity index is 1240. The first kappa shape index (κ1) is 21.0. The highest BCUT2D eigenvalue weighted by Crippen LogP contribution is 2.68. The van der Waals surface area contributed by atoms with Gasteiger partial charge in [-0.2, -0.15) is 0 Å². The highest BCUT2D eigenvalue weighted by Gasteiger charge is 2.69. The molecule has 4 aliphatic rings. The van der Waals surface area contributed by atoms with E-state index in [4.69, 9.17) is 9.84 Å². The summed E-state index contributed by atoms with van der Waals surface area (Å²) < 4.78 is 5.67. The normalized spacial score (nSPS) is 33.7. The van der Waals surface area contributed by atoms with Gasteiger partial charge < -0.3 is 14.8 Å². The quantitative estimate of drug-likeness (QED) is 0.623. The lowest BCUT2D eigenvalue weighted by Gasteiger charge is -2.43. The topological polar surface area (TPSA) is 117 Å². The number of benzene rings is 1. The number of likely N-dealkylation sites (tertiary alicyclic amines) is 1. The number of aromatic nitrogens is 1. The van der Waals surface area contributed by atoms with Crippen molar-refractivity contribution < 1.29 is 24.2 Å². The average Bonchev–Trinajstić information content (AvgIpc) is 3.51. The van der Waals surface area contributed by atoms with Gasteiger partial charge in [0.15, 0.2) is 0 Å². The zero-order valence-corrected chi connectivity index (χ0v) is 19.4. The van der Waals surface area contributed by atoms with Crippen LogP contribution in [0.5, 0.6) is 5.75 Å². The Hall–Kier alpha value is -2.59. The van der Waals surface area contributed by atoms with E-state index in [1.54, 1.807) is 18.9 Å². The minimum Gasteiger partial charge on any atom is -0.496 e. The molecule has 33 heavy (non-hydrogen) atoms. The number of methoxy groups -OCH3 is 1. The van der Waals surface area contributed by atoms with Crippen LogP contribution in [0.3, 0.4) is 0 Å². The van der Waals surface area contributed by atoms with E-state index in [0.29, 0.717) is 0 Å². The molecule has 2 saturated carbocycles. The number of carbonyl (C=O) groups is 3. The number of carboxylic acids is 1. The number of amides is 2. The molecule has 2 aliphatic heterocycles. The standard InChI is InChI=1S/C23H22N2O6S2/c1-31-12-5-3-2-4-9(12)14-15-10-8-11(18(15)32-20-19(14)33-23(30)24-20)17-16(10)21(28)25(22(17)29)7-6-13(26)27/h2-5,10-11,14-18H,6-8H2,1H3,(H,24,30)(H,26,27)/t10-,11-,14+,15-,16+,17+,18-/m1/s1. The molecule has 6 rings (SSSR count). The molecule has 1 saturated heterocycles. The van der Waals surface area contributed by atoms with Gasteiger partial charge in [-0.25, -0.2) is 0 Å². The van der Waals surface area contributed by atoms with Gasteiger partial charge in [0.05, 0.1) is 30.4 Å². The summed E-state index contributed by atoms with van der Waals surface area (Å²) in [6.45, 7) is -0.0709. The third-order valence-corrected chi connectivity index (χ3v) is 10.4. The molecule has 0 radical (unpaired) electrons. The lowest BCUT2D eigenvalue weighted by molar-refractivity contribution is -0.142. The fourth-order valence-corrected chi connectivity index (χ4v) is 9.66. The zero-order chi connectivity index (χ0) is 23.0. The number of hydrogen-bond donors (Lipinski definition) is 2. The van der Waals surface area contributed by atoms with Gasteiger partial charge in [-0.05, 0) is 30.2 Å². The zero-order valence-electron chi connectivity index (χ0n) is 17.7. The summed E-state index contributed by atoms with van der Waals surface area (Å²) in [6.07, 6.45) is 0.558. The number of H-pyrrole nitrogens is 1. The second-order valence-electron chi connectivity index (χ2n) is 9.17. The molecule has 2 aliphatic carbocycles. The molecular weight excluding hydrogens is 464 g/mol. The first-order chi connectivity index (χ1) is 15.9. The van der Waals surface area contributed by atoms with Gasteiger partial charge in [0.25, 0.3) is 0 Å². The molecule has 8 nitrogen and oxygen atoms in total. The van der Waals surface area contributed by atoms with Crippen LogP contribution in [0.2, 0.25) is 0 Å². The molecule has 2 bridgehead atoms. The number of rotatable bonds is 5. The van der Waals surface area contributed by atoms with Crippen LogP contribution in [-0.2, 0) is 14.4 Å². The number of fused-ring (bicyclic) bond motifs is 9. The number of imide groups is 1. The Balaban J connectivity index is 1.43. The number of thiazole rings is 1. The molecule has 2 aromatic rings. The number of ether oxygens (including phenoxy) is 1. The molecule has 2 N–H and O–H groups in total. The lowest BCUT2D eigenvalue weighted by atomic mass is 9.68. The Morgan fingerprint density at radius 1 is 1.18 bits per heavy atom. The summed E-state index contributed by atoms with van der Waals surface area (Å²) in [5, 5.41) is 10.0.